The van der Waals surface area contributed by atoms with Crippen LogP contribution in [0.4, 0.5) is 19.1 Å². The molecule has 4 aromatic carbocycles. The first-order valence-corrected chi connectivity index (χ1v) is 26.8. The van der Waals surface area contributed by atoms with Gasteiger partial charge in [-0.15, -0.1) is 0 Å². The topological polar surface area (TPSA) is 205 Å². The Morgan fingerprint density at radius 2 is 1.09 bits per heavy atom. The summed E-state index contributed by atoms with van der Waals surface area (Å²) in [6.45, 7) is 7.99. The van der Waals surface area contributed by atoms with Gasteiger partial charge in [0.2, 0.25) is 11.2 Å². The molecule has 8 aromatic rings. The van der Waals surface area contributed by atoms with E-state index >= 15 is 0 Å². The lowest BCUT2D eigenvalue weighted by Gasteiger charge is -2.24. The molecule has 4 N–H and O–H groups in total. The molecular weight excluding hydrogens is 1070 g/mol. The Hall–Kier alpha value is -6.61. The normalized spacial score (nSPS) is 15.8. The molecule has 14 nitrogen and oxygen atoms in total. The number of halogens is 6. The van der Waals surface area contributed by atoms with E-state index in [0.29, 0.717) is 55.9 Å². The Labute approximate surface area is 447 Å². The van der Waals surface area contributed by atoms with Crippen molar-refractivity contribution in [1.82, 2.24) is 27.9 Å². The Kier molecular flexibility index (Phi) is 19.1. The van der Waals surface area contributed by atoms with Crippen molar-refractivity contribution in [3.63, 3.8) is 0 Å². The predicted molar refractivity (Wildman–Crippen MR) is 290 cm³/mol. The number of benzene rings is 4. The van der Waals surface area contributed by atoms with Crippen LogP contribution in [-0.4, -0.2) is 74.1 Å². The average molecular weight is 1120 g/mol. The van der Waals surface area contributed by atoms with Crippen molar-refractivity contribution in [2.24, 2.45) is 5.73 Å². The highest BCUT2D eigenvalue weighted by atomic mass is 35.5. The SMILES string of the molecule is C.C=C1CCCC(N)C1.C=C1CCC[C@@H](Nc2ncc(Cl)c(-c3cn(S(=O)(=O)c4ccccc4)c4ccccc34)n2)C1.O=C(O)C(F)(F)F.O=S(=O)(c1ccccc1)n1cc(-c2nc(Cl)ncc2Cl)c2ccccc21. The van der Waals surface area contributed by atoms with Gasteiger partial charge in [-0.2, -0.15) is 13.2 Å². The molecule has 2 aliphatic rings. The third-order valence-corrected chi connectivity index (χ3v) is 15.9. The van der Waals surface area contributed by atoms with Gasteiger partial charge in [-0.3, -0.25) is 0 Å². The smallest absolute Gasteiger partial charge is 0.475 e. The van der Waals surface area contributed by atoms with Crippen molar-refractivity contribution in [3.05, 3.63) is 174 Å². The van der Waals surface area contributed by atoms with E-state index < -0.39 is 32.2 Å². The zero-order valence-electron chi connectivity index (χ0n) is 39.3. The summed E-state index contributed by atoms with van der Waals surface area (Å²) in [5.74, 6) is -2.29. The molecule has 2 aliphatic carbocycles. The van der Waals surface area contributed by atoms with E-state index in [-0.39, 0.29) is 33.6 Å². The van der Waals surface area contributed by atoms with Gasteiger partial charge in [-0.05, 0) is 99.4 Å². The molecule has 0 saturated heterocycles. The van der Waals surface area contributed by atoms with Crippen LogP contribution in [0, 0.1) is 0 Å². The Morgan fingerprint density at radius 3 is 1.53 bits per heavy atom. The van der Waals surface area contributed by atoms with Crippen molar-refractivity contribution in [2.45, 2.75) is 86.8 Å². The number of rotatable bonds is 8. The molecule has 2 saturated carbocycles. The lowest BCUT2D eigenvalue weighted by atomic mass is 9.92. The fourth-order valence-electron chi connectivity index (χ4n) is 8.29. The monoisotopic (exact) mass is 1120 g/mol. The first-order valence-electron chi connectivity index (χ1n) is 22.8. The van der Waals surface area contributed by atoms with E-state index in [1.165, 1.54) is 50.7 Å². The number of anilines is 1. The molecule has 75 heavy (non-hydrogen) atoms. The molecule has 0 spiro atoms. The number of alkyl halides is 3. The van der Waals surface area contributed by atoms with Crippen LogP contribution in [0.3, 0.4) is 0 Å². The Balaban J connectivity index is 0.000000192. The molecule has 2 fully saturated rings. The van der Waals surface area contributed by atoms with Crippen LogP contribution in [0.5, 0.6) is 0 Å². The fraction of sp³-hybridized carbons (Fsp3) is 0.226. The number of hydrogen-bond donors (Lipinski definition) is 3. The molecule has 4 aromatic heterocycles. The maximum atomic E-state index is 13.4. The van der Waals surface area contributed by atoms with Gasteiger partial charge in [-0.1, -0.05) is 128 Å². The summed E-state index contributed by atoms with van der Waals surface area (Å²) < 4.78 is 87.3. The summed E-state index contributed by atoms with van der Waals surface area (Å²) in [4.78, 5) is 26.4. The van der Waals surface area contributed by atoms with E-state index in [1.54, 1.807) is 91.3 Å². The van der Waals surface area contributed by atoms with Gasteiger partial charge >= 0.3 is 12.1 Å². The number of carboxylic acids is 1. The molecular formula is C53H52Cl3F3N8O6S2. The fourth-order valence-corrected chi connectivity index (χ4v) is 11.6. The molecule has 1 unspecified atom stereocenters. The number of para-hydroxylation sites is 2. The van der Waals surface area contributed by atoms with Gasteiger partial charge in [0.15, 0.2) is 0 Å². The minimum Gasteiger partial charge on any atom is -0.475 e. The van der Waals surface area contributed by atoms with E-state index in [9.17, 15) is 30.0 Å². The summed E-state index contributed by atoms with van der Waals surface area (Å²) in [7, 11) is -7.58. The standard InChI is InChI=1S/C25H23ClN4O2S.C18H11Cl2N3O2S.C7H13N.C2HF3O2.CH4/c1-17-8-7-9-18(14-17)28-25-27-15-22(26)24(29-25)21-16-30(23-13-6-5-12-20(21)23)33(31,32)19-10-3-2-4-11-19;19-15-10-21-18(20)22-17(15)14-11-23(16-9-5-4-8-13(14)16)26(24,25)12-6-2-1-3-7-12;1-6-3-2-4-7(8)5-6;3-2(4,5)1(6)7;/h2-6,10-13,15-16,18H,1,7-9,14H2,(H,27,28,29);1-11H;7H,1-5,8H2;(H,6,7);1H4/t18-;;;;/m1..../s1. The number of carboxylic acid groups (broad SMARTS) is 1. The highest BCUT2D eigenvalue weighted by molar-refractivity contribution is 7.90. The number of aliphatic carboxylic acids is 1. The summed E-state index contributed by atoms with van der Waals surface area (Å²) >= 11 is 18.6. The molecule has 394 valence electrons. The second-order valence-electron chi connectivity index (χ2n) is 17.2. The van der Waals surface area contributed by atoms with Gasteiger partial charge in [0.25, 0.3) is 20.0 Å². The number of nitrogens with zero attached hydrogens (tertiary/aromatic N) is 6. The van der Waals surface area contributed by atoms with Crippen LogP contribution in [0.25, 0.3) is 44.3 Å². The van der Waals surface area contributed by atoms with Crippen LogP contribution in [0.1, 0.15) is 58.8 Å². The largest absolute Gasteiger partial charge is 0.490 e. The third kappa shape index (κ3) is 14.0. The van der Waals surface area contributed by atoms with Crippen LogP contribution in [0.15, 0.2) is 168 Å². The lowest BCUT2D eigenvalue weighted by Crippen LogP contribution is -2.24. The third-order valence-electron chi connectivity index (χ3n) is 11.8. The number of carbonyl (C=O) groups is 1. The predicted octanol–water partition coefficient (Wildman–Crippen LogP) is 13.3. The van der Waals surface area contributed by atoms with Crippen molar-refractivity contribution < 1.29 is 39.9 Å². The minimum atomic E-state index is -5.08. The lowest BCUT2D eigenvalue weighted by molar-refractivity contribution is -0.192. The number of nitrogens with two attached hydrogens (primary N) is 1. The highest BCUT2D eigenvalue weighted by Crippen LogP contribution is 2.38. The van der Waals surface area contributed by atoms with Gasteiger partial charge in [0.1, 0.15) is 0 Å². The first-order chi connectivity index (χ1) is 35.1. The van der Waals surface area contributed by atoms with Crippen LogP contribution in [0.2, 0.25) is 15.3 Å². The molecule has 10 rings (SSSR count). The number of aromatic nitrogens is 6. The van der Waals surface area contributed by atoms with E-state index in [1.807, 2.05) is 30.3 Å². The summed E-state index contributed by atoms with van der Waals surface area (Å²) in [5, 5.41) is 12.6. The number of fused-ring (bicyclic) bond motifs is 2. The van der Waals surface area contributed by atoms with Gasteiger partial charge in [-0.25, -0.2) is 49.5 Å². The molecule has 0 bridgehead atoms. The summed E-state index contributed by atoms with van der Waals surface area (Å²) in [6.07, 6.45) is 9.72. The second kappa shape index (κ2) is 24.8. The molecule has 0 amide bonds. The van der Waals surface area contributed by atoms with E-state index in [0.717, 1.165) is 37.5 Å². The van der Waals surface area contributed by atoms with Crippen LogP contribution >= 0.6 is 34.8 Å². The minimum absolute atomic E-state index is 0. The zero-order valence-corrected chi connectivity index (χ0v) is 43.2. The summed E-state index contributed by atoms with van der Waals surface area (Å²) in [5.41, 5.74) is 11.4. The molecule has 0 radical (unpaired) electrons. The Bertz CT molecular complexity index is 3560. The summed E-state index contributed by atoms with van der Waals surface area (Å²) in [6, 6.07) is 31.7. The van der Waals surface area contributed by atoms with Crippen molar-refractivity contribution in [1.29, 1.82) is 0 Å². The second-order valence-corrected chi connectivity index (χ2v) is 22.0. The highest BCUT2D eigenvalue weighted by Gasteiger charge is 2.38. The quantitative estimate of drug-likeness (QED) is 0.0960. The first kappa shape index (κ1) is 57.7. The molecule has 0 aliphatic heterocycles. The number of nitrogens with one attached hydrogen (secondary N) is 1. The van der Waals surface area contributed by atoms with Crippen molar-refractivity contribution >= 4 is 88.6 Å². The van der Waals surface area contributed by atoms with E-state index in [4.69, 9.17) is 50.4 Å². The Morgan fingerprint density at radius 1 is 0.667 bits per heavy atom. The van der Waals surface area contributed by atoms with Gasteiger partial charge < -0.3 is 16.2 Å². The van der Waals surface area contributed by atoms with E-state index in [2.05, 4.69) is 38.4 Å². The maximum Gasteiger partial charge on any atom is 0.490 e. The molecule has 4 heterocycles. The van der Waals surface area contributed by atoms with Gasteiger partial charge in [0.05, 0.1) is 54.7 Å². The zero-order chi connectivity index (χ0) is 53.4. The van der Waals surface area contributed by atoms with Crippen LogP contribution in [-0.2, 0) is 24.8 Å². The van der Waals surface area contributed by atoms with Crippen molar-refractivity contribution in [2.75, 3.05) is 5.32 Å². The van der Waals surface area contributed by atoms with Crippen LogP contribution < -0.4 is 11.1 Å². The number of hydrogen-bond acceptors (Lipinski definition) is 11. The van der Waals surface area contributed by atoms with Gasteiger partial charge in [0, 0.05) is 46.4 Å². The maximum absolute atomic E-state index is 13.4. The van der Waals surface area contributed by atoms with Crippen molar-refractivity contribution in [3.8, 4) is 22.5 Å². The molecule has 2 atom stereocenters. The molecule has 22 heteroatoms. The average Bonchev–Trinajstić information content (AvgIpc) is 3.97.